The number of hydrogen-bond acceptors (Lipinski definition) is 4. The van der Waals surface area contributed by atoms with Gasteiger partial charge in [-0.1, -0.05) is 42.5 Å². The van der Waals surface area contributed by atoms with E-state index in [1.807, 2.05) is 43.3 Å². The third-order valence-electron chi connectivity index (χ3n) is 4.71. The molecule has 132 valence electrons. The van der Waals surface area contributed by atoms with Crippen LogP contribution in [0.4, 0.5) is 0 Å². The number of hydrogen-bond donors (Lipinski definition) is 0. The predicted molar refractivity (Wildman–Crippen MR) is 95.6 cm³/mol. The van der Waals surface area contributed by atoms with Gasteiger partial charge in [-0.2, -0.15) is 5.26 Å². The maximum Gasteiger partial charge on any atom is 0.311 e. The van der Waals surface area contributed by atoms with Crippen LogP contribution in [0.5, 0.6) is 0 Å². The zero-order chi connectivity index (χ0) is 18.5. The summed E-state index contributed by atoms with van der Waals surface area (Å²) in [6, 6.07) is 18.6. The molecule has 5 heteroatoms. The second-order valence-electron chi connectivity index (χ2n) is 6.45. The zero-order valence-corrected chi connectivity index (χ0v) is 14.6. The van der Waals surface area contributed by atoms with Crippen molar-refractivity contribution in [2.75, 3.05) is 6.54 Å². The van der Waals surface area contributed by atoms with Crippen molar-refractivity contribution in [3.8, 4) is 6.07 Å². The van der Waals surface area contributed by atoms with Crippen molar-refractivity contribution in [1.29, 1.82) is 5.26 Å². The minimum absolute atomic E-state index is 0.0262. The Morgan fingerprint density at radius 2 is 1.92 bits per heavy atom. The van der Waals surface area contributed by atoms with E-state index in [1.54, 1.807) is 29.2 Å². The Morgan fingerprint density at radius 3 is 2.58 bits per heavy atom. The van der Waals surface area contributed by atoms with Crippen molar-refractivity contribution in [2.24, 2.45) is 5.92 Å². The van der Waals surface area contributed by atoms with E-state index in [0.717, 1.165) is 11.1 Å². The molecule has 1 amide bonds. The first kappa shape index (κ1) is 17.7. The lowest BCUT2D eigenvalue weighted by Crippen LogP contribution is -2.29. The molecule has 0 saturated carbocycles. The van der Waals surface area contributed by atoms with E-state index in [2.05, 4.69) is 0 Å². The van der Waals surface area contributed by atoms with Crippen molar-refractivity contribution < 1.29 is 14.3 Å². The van der Waals surface area contributed by atoms with Gasteiger partial charge in [-0.05, 0) is 30.2 Å². The zero-order valence-electron chi connectivity index (χ0n) is 14.6. The van der Waals surface area contributed by atoms with Crippen LogP contribution in [0.25, 0.3) is 0 Å². The molecule has 2 atom stereocenters. The highest BCUT2D eigenvalue weighted by Gasteiger charge is 2.37. The smallest absolute Gasteiger partial charge is 0.311 e. The molecule has 2 aromatic rings. The summed E-state index contributed by atoms with van der Waals surface area (Å²) in [6.45, 7) is 2.49. The molecule has 1 saturated heterocycles. The maximum atomic E-state index is 12.3. The molecule has 1 aliphatic rings. The minimum atomic E-state index is -0.438. The first-order valence-electron chi connectivity index (χ1n) is 8.58. The highest BCUT2D eigenvalue weighted by atomic mass is 16.5. The number of carbonyl (C=O) groups is 2. The molecule has 0 N–H and O–H groups in total. The van der Waals surface area contributed by atoms with Gasteiger partial charge in [0.2, 0.25) is 5.91 Å². The molecule has 0 unspecified atom stereocenters. The molecule has 1 heterocycles. The Morgan fingerprint density at radius 1 is 1.23 bits per heavy atom. The molecule has 0 bridgehead atoms. The second kappa shape index (κ2) is 7.83. The van der Waals surface area contributed by atoms with E-state index >= 15 is 0 Å². The van der Waals surface area contributed by atoms with Gasteiger partial charge in [0.05, 0.1) is 23.6 Å². The van der Waals surface area contributed by atoms with Crippen LogP contribution in [-0.4, -0.2) is 23.3 Å². The molecular formula is C21H20N2O3. The molecular weight excluding hydrogens is 328 g/mol. The number of rotatable bonds is 5. The van der Waals surface area contributed by atoms with Crippen LogP contribution in [0.2, 0.25) is 0 Å². The molecule has 3 rings (SSSR count). The van der Waals surface area contributed by atoms with Crippen molar-refractivity contribution >= 4 is 11.9 Å². The van der Waals surface area contributed by atoms with E-state index in [9.17, 15) is 9.59 Å². The van der Waals surface area contributed by atoms with Crippen LogP contribution in [0.1, 0.15) is 36.1 Å². The fraction of sp³-hybridized carbons (Fsp3) is 0.286. The SMILES string of the molecule is C[C@H](c1ccccc1)N1C[C@@H](C(=O)OCc2ccc(C#N)cc2)CC1=O. The Hall–Kier alpha value is -3.13. The number of amides is 1. The summed E-state index contributed by atoms with van der Waals surface area (Å²) in [7, 11) is 0. The van der Waals surface area contributed by atoms with Gasteiger partial charge in [0.1, 0.15) is 6.61 Å². The van der Waals surface area contributed by atoms with Gasteiger partial charge in [0.25, 0.3) is 0 Å². The van der Waals surface area contributed by atoms with E-state index in [-0.39, 0.29) is 30.9 Å². The fourth-order valence-corrected chi connectivity index (χ4v) is 3.12. The number of benzene rings is 2. The Labute approximate surface area is 152 Å². The van der Waals surface area contributed by atoms with Gasteiger partial charge in [-0.25, -0.2) is 0 Å². The van der Waals surface area contributed by atoms with E-state index < -0.39 is 5.92 Å². The largest absolute Gasteiger partial charge is 0.461 e. The van der Waals surface area contributed by atoms with Gasteiger partial charge in [-0.3, -0.25) is 9.59 Å². The van der Waals surface area contributed by atoms with Crippen LogP contribution in [0.15, 0.2) is 54.6 Å². The third kappa shape index (κ3) is 3.92. The van der Waals surface area contributed by atoms with Gasteiger partial charge in [0, 0.05) is 13.0 Å². The number of nitriles is 1. The Bertz CT molecular complexity index is 825. The summed E-state index contributed by atoms with van der Waals surface area (Å²) >= 11 is 0. The topological polar surface area (TPSA) is 70.4 Å². The third-order valence-corrected chi connectivity index (χ3v) is 4.71. The molecule has 0 aromatic heterocycles. The quantitative estimate of drug-likeness (QED) is 0.778. The second-order valence-corrected chi connectivity index (χ2v) is 6.45. The van der Waals surface area contributed by atoms with Crippen LogP contribution < -0.4 is 0 Å². The van der Waals surface area contributed by atoms with Crippen LogP contribution in [-0.2, 0) is 20.9 Å². The maximum absolute atomic E-state index is 12.3. The number of carbonyl (C=O) groups excluding carboxylic acids is 2. The number of esters is 1. The highest BCUT2D eigenvalue weighted by Crippen LogP contribution is 2.29. The van der Waals surface area contributed by atoms with Crippen LogP contribution in [0.3, 0.4) is 0 Å². The first-order valence-corrected chi connectivity index (χ1v) is 8.58. The average molecular weight is 348 g/mol. The minimum Gasteiger partial charge on any atom is -0.461 e. The summed E-state index contributed by atoms with van der Waals surface area (Å²) in [5.41, 5.74) is 2.43. The molecule has 2 aromatic carbocycles. The molecule has 1 fully saturated rings. The Balaban J connectivity index is 1.57. The molecule has 1 aliphatic heterocycles. The van der Waals surface area contributed by atoms with E-state index in [4.69, 9.17) is 10.00 Å². The summed E-state index contributed by atoms with van der Waals surface area (Å²) in [5.74, 6) is -0.820. The van der Waals surface area contributed by atoms with E-state index in [0.29, 0.717) is 12.1 Å². The highest BCUT2D eigenvalue weighted by molar-refractivity contribution is 5.87. The van der Waals surface area contributed by atoms with Gasteiger partial charge < -0.3 is 9.64 Å². The molecule has 0 spiro atoms. The van der Waals surface area contributed by atoms with Crippen LogP contribution >= 0.6 is 0 Å². The molecule has 5 nitrogen and oxygen atoms in total. The fourth-order valence-electron chi connectivity index (χ4n) is 3.12. The van der Waals surface area contributed by atoms with E-state index in [1.165, 1.54) is 0 Å². The first-order chi connectivity index (χ1) is 12.6. The summed E-state index contributed by atoms with van der Waals surface area (Å²) in [4.78, 5) is 26.4. The molecule has 0 aliphatic carbocycles. The number of ether oxygens (including phenoxy) is 1. The molecule has 0 radical (unpaired) electrons. The van der Waals surface area contributed by atoms with Crippen molar-refractivity contribution in [3.05, 3.63) is 71.3 Å². The molecule has 26 heavy (non-hydrogen) atoms. The van der Waals surface area contributed by atoms with Gasteiger partial charge >= 0.3 is 5.97 Å². The standard InChI is InChI=1S/C21H20N2O3/c1-15(18-5-3-2-4-6-18)23-13-19(11-20(23)24)21(25)26-14-17-9-7-16(12-22)8-10-17/h2-10,15,19H,11,13-14H2,1H3/t15-,19+/m1/s1. The lowest BCUT2D eigenvalue weighted by atomic mass is 10.1. The lowest BCUT2D eigenvalue weighted by Gasteiger charge is -2.25. The monoisotopic (exact) mass is 348 g/mol. The summed E-state index contributed by atoms with van der Waals surface area (Å²) in [6.07, 6.45) is 0.184. The summed E-state index contributed by atoms with van der Waals surface area (Å²) < 4.78 is 5.37. The lowest BCUT2D eigenvalue weighted by molar-refractivity contribution is -0.149. The van der Waals surface area contributed by atoms with Crippen LogP contribution in [0, 0.1) is 17.2 Å². The Kier molecular flexibility index (Phi) is 5.33. The average Bonchev–Trinajstić information content (AvgIpc) is 3.08. The number of likely N-dealkylation sites (tertiary alicyclic amines) is 1. The van der Waals surface area contributed by atoms with Crippen molar-refractivity contribution in [3.63, 3.8) is 0 Å². The normalized spacial score (nSPS) is 17.6. The summed E-state index contributed by atoms with van der Waals surface area (Å²) in [5, 5.41) is 8.80. The predicted octanol–water partition coefficient (Wildman–Crippen LogP) is 3.21. The van der Waals surface area contributed by atoms with Gasteiger partial charge in [-0.15, -0.1) is 0 Å². The van der Waals surface area contributed by atoms with Crippen molar-refractivity contribution in [2.45, 2.75) is 26.0 Å². The van der Waals surface area contributed by atoms with Gasteiger partial charge in [0.15, 0.2) is 0 Å². The number of nitrogens with zero attached hydrogens (tertiary/aromatic N) is 2. The van der Waals surface area contributed by atoms with Crippen molar-refractivity contribution in [1.82, 2.24) is 4.90 Å².